The fourth-order valence-electron chi connectivity index (χ4n) is 9.93. The monoisotopic (exact) mass is 719 g/mol. The Bertz CT molecular complexity index is 2930. The SMILES string of the molecule is CC1(C)c2ccccc2-c2ccc(N(c3ccc4c(c3)C(C)(C)c3ccccc3-4)c3ccc4oc5ccccc5c4c3-c3ccccc3-c3ccccc3)cc21. The topological polar surface area (TPSA) is 16.4 Å². The molecule has 0 fully saturated rings. The summed E-state index contributed by atoms with van der Waals surface area (Å²) < 4.78 is 6.64. The van der Waals surface area contributed by atoms with Crippen LogP contribution in [0.2, 0.25) is 0 Å². The lowest BCUT2D eigenvalue weighted by atomic mass is 9.82. The molecule has 0 unspecified atom stereocenters. The van der Waals surface area contributed by atoms with E-state index in [-0.39, 0.29) is 10.8 Å². The zero-order chi connectivity index (χ0) is 37.8. The maximum atomic E-state index is 6.64. The third kappa shape index (κ3) is 4.62. The van der Waals surface area contributed by atoms with Crippen LogP contribution >= 0.6 is 0 Å². The van der Waals surface area contributed by atoms with Gasteiger partial charge in [-0.05, 0) is 104 Å². The summed E-state index contributed by atoms with van der Waals surface area (Å²) >= 11 is 0. The van der Waals surface area contributed by atoms with E-state index in [2.05, 4.69) is 209 Å². The van der Waals surface area contributed by atoms with Crippen LogP contribution in [0, 0.1) is 0 Å². The molecule has 2 aliphatic rings. The number of furan rings is 1. The van der Waals surface area contributed by atoms with Crippen molar-refractivity contribution in [1.82, 2.24) is 0 Å². The van der Waals surface area contributed by atoms with E-state index in [9.17, 15) is 0 Å². The van der Waals surface area contributed by atoms with E-state index < -0.39 is 0 Å². The molecular formula is C54H41NO. The molecule has 0 spiro atoms. The summed E-state index contributed by atoms with van der Waals surface area (Å²) in [5, 5.41) is 2.23. The van der Waals surface area contributed by atoms with Crippen molar-refractivity contribution in [2.75, 3.05) is 4.90 Å². The summed E-state index contributed by atoms with van der Waals surface area (Å²) in [6.07, 6.45) is 0. The van der Waals surface area contributed by atoms with Crippen molar-refractivity contribution in [1.29, 1.82) is 0 Å². The molecule has 1 aromatic heterocycles. The van der Waals surface area contributed by atoms with Crippen LogP contribution in [0.15, 0.2) is 180 Å². The molecule has 0 bridgehead atoms. The first kappa shape index (κ1) is 32.8. The Morgan fingerprint density at radius 2 is 0.893 bits per heavy atom. The first-order chi connectivity index (χ1) is 27.3. The number of anilines is 3. The molecule has 0 amide bonds. The van der Waals surface area contributed by atoms with Crippen LogP contribution in [-0.4, -0.2) is 0 Å². The minimum atomic E-state index is -0.150. The van der Waals surface area contributed by atoms with Crippen molar-refractivity contribution < 1.29 is 4.42 Å². The Kier molecular flexibility index (Phi) is 6.98. The normalized spacial score (nSPS) is 14.4. The van der Waals surface area contributed by atoms with Crippen LogP contribution in [-0.2, 0) is 10.8 Å². The molecule has 2 heteroatoms. The first-order valence-corrected chi connectivity index (χ1v) is 19.7. The summed E-state index contributed by atoms with van der Waals surface area (Å²) in [7, 11) is 0. The zero-order valence-electron chi connectivity index (χ0n) is 32.1. The number of nitrogens with zero attached hydrogens (tertiary/aromatic N) is 1. The van der Waals surface area contributed by atoms with Crippen molar-refractivity contribution in [3.05, 3.63) is 198 Å². The Morgan fingerprint density at radius 3 is 1.52 bits per heavy atom. The highest BCUT2D eigenvalue weighted by atomic mass is 16.3. The fraction of sp³-hybridized carbons (Fsp3) is 0.111. The van der Waals surface area contributed by atoms with Crippen molar-refractivity contribution in [2.24, 2.45) is 0 Å². The predicted octanol–water partition coefficient (Wildman–Crippen LogP) is 15.0. The minimum absolute atomic E-state index is 0.150. The summed E-state index contributed by atoms with van der Waals surface area (Å²) in [6.45, 7) is 9.47. The number of rotatable bonds is 5. The molecule has 9 aromatic rings. The van der Waals surface area contributed by atoms with Crippen molar-refractivity contribution in [3.63, 3.8) is 0 Å². The van der Waals surface area contributed by atoms with E-state index in [1.807, 2.05) is 0 Å². The second kappa shape index (κ2) is 11.9. The molecule has 0 N–H and O–H groups in total. The number of benzene rings is 8. The average molecular weight is 720 g/mol. The van der Waals surface area contributed by atoms with Crippen molar-refractivity contribution in [3.8, 4) is 44.5 Å². The number of hydrogen-bond donors (Lipinski definition) is 0. The molecule has 56 heavy (non-hydrogen) atoms. The lowest BCUT2D eigenvalue weighted by Gasteiger charge is -2.31. The summed E-state index contributed by atoms with van der Waals surface area (Å²) in [5.74, 6) is 0. The Balaban J connectivity index is 1.24. The van der Waals surface area contributed by atoms with Gasteiger partial charge in [0.1, 0.15) is 11.2 Å². The lowest BCUT2D eigenvalue weighted by Crippen LogP contribution is -2.18. The van der Waals surface area contributed by atoms with Gasteiger partial charge in [-0.3, -0.25) is 0 Å². The number of para-hydroxylation sites is 1. The fourth-order valence-corrected chi connectivity index (χ4v) is 9.93. The Morgan fingerprint density at radius 1 is 0.393 bits per heavy atom. The summed E-state index contributed by atoms with van der Waals surface area (Å²) in [4.78, 5) is 2.51. The van der Waals surface area contributed by atoms with Gasteiger partial charge in [0.2, 0.25) is 0 Å². The van der Waals surface area contributed by atoms with E-state index in [4.69, 9.17) is 4.42 Å². The second-order valence-electron chi connectivity index (χ2n) is 16.5. The van der Waals surface area contributed by atoms with E-state index in [0.717, 1.165) is 44.6 Å². The standard InChI is InChI=1S/C54H41NO/c1-53(2)44-23-13-10-19-38(44)40-28-26-35(32-46(40)53)55(36-27-29-41-39-20-11-14-24-45(39)54(3,4)47(41)33-36)48-30-31-50-52(43-22-12-15-25-49(43)56-50)51(48)42-21-9-8-18-37(42)34-16-6-5-7-17-34/h5-33H,1-4H3. The highest BCUT2D eigenvalue weighted by Crippen LogP contribution is 2.55. The van der Waals surface area contributed by atoms with Crippen LogP contribution in [0.5, 0.6) is 0 Å². The van der Waals surface area contributed by atoms with Gasteiger partial charge in [0.05, 0.1) is 5.69 Å². The Labute approximate surface area is 328 Å². The van der Waals surface area contributed by atoms with E-state index in [0.29, 0.717) is 0 Å². The maximum absolute atomic E-state index is 6.64. The molecule has 2 aliphatic carbocycles. The first-order valence-electron chi connectivity index (χ1n) is 19.7. The third-order valence-corrected chi connectivity index (χ3v) is 12.7. The van der Waals surface area contributed by atoms with Crippen LogP contribution in [0.25, 0.3) is 66.4 Å². The molecule has 0 saturated heterocycles. The van der Waals surface area contributed by atoms with Crippen LogP contribution in [0.3, 0.4) is 0 Å². The van der Waals surface area contributed by atoms with Gasteiger partial charge in [-0.25, -0.2) is 0 Å². The van der Waals surface area contributed by atoms with Gasteiger partial charge >= 0.3 is 0 Å². The van der Waals surface area contributed by atoms with Crippen molar-refractivity contribution >= 4 is 39.0 Å². The van der Waals surface area contributed by atoms with Crippen LogP contribution in [0.1, 0.15) is 49.9 Å². The molecule has 1 heterocycles. The Hall–Kier alpha value is -6.64. The van der Waals surface area contributed by atoms with E-state index in [1.54, 1.807) is 0 Å². The largest absolute Gasteiger partial charge is 0.456 e. The van der Waals surface area contributed by atoms with Crippen molar-refractivity contribution in [2.45, 2.75) is 38.5 Å². The minimum Gasteiger partial charge on any atom is -0.456 e. The molecule has 2 nitrogen and oxygen atoms in total. The van der Waals surface area contributed by atoms with Gasteiger partial charge in [0, 0.05) is 38.5 Å². The van der Waals surface area contributed by atoms with Gasteiger partial charge in [0.25, 0.3) is 0 Å². The highest BCUT2D eigenvalue weighted by Gasteiger charge is 2.38. The van der Waals surface area contributed by atoms with Gasteiger partial charge < -0.3 is 9.32 Å². The van der Waals surface area contributed by atoms with Gasteiger partial charge in [-0.15, -0.1) is 0 Å². The van der Waals surface area contributed by atoms with Gasteiger partial charge in [0.15, 0.2) is 0 Å². The molecule has 0 saturated carbocycles. The van der Waals surface area contributed by atoms with Crippen LogP contribution in [0.4, 0.5) is 17.1 Å². The third-order valence-electron chi connectivity index (χ3n) is 12.7. The molecular weight excluding hydrogens is 679 g/mol. The maximum Gasteiger partial charge on any atom is 0.136 e. The van der Waals surface area contributed by atoms with Gasteiger partial charge in [-0.1, -0.05) is 161 Å². The lowest BCUT2D eigenvalue weighted by molar-refractivity contribution is 0.660. The molecule has 0 radical (unpaired) electrons. The molecule has 0 atom stereocenters. The smallest absolute Gasteiger partial charge is 0.136 e. The second-order valence-corrected chi connectivity index (χ2v) is 16.5. The molecule has 11 rings (SSSR count). The number of fused-ring (bicyclic) bond motifs is 9. The summed E-state index contributed by atoms with van der Waals surface area (Å²) in [5.41, 5.74) is 20.2. The van der Waals surface area contributed by atoms with E-state index >= 15 is 0 Å². The molecule has 268 valence electrons. The van der Waals surface area contributed by atoms with E-state index in [1.165, 1.54) is 61.2 Å². The summed E-state index contributed by atoms with van der Waals surface area (Å²) in [6, 6.07) is 64.6. The van der Waals surface area contributed by atoms with Crippen LogP contribution < -0.4 is 4.90 Å². The highest BCUT2D eigenvalue weighted by molar-refractivity contribution is 6.17. The average Bonchev–Trinajstić information content (AvgIpc) is 3.81. The quantitative estimate of drug-likeness (QED) is 0.176. The molecule has 8 aromatic carbocycles. The number of hydrogen-bond acceptors (Lipinski definition) is 2. The zero-order valence-corrected chi connectivity index (χ0v) is 32.1. The van der Waals surface area contributed by atoms with Gasteiger partial charge in [-0.2, -0.15) is 0 Å². The molecule has 0 aliphatic heterocycles. The predicted molar refractivity (Wildman–Crippen MR) is 234 cm³/mol.